The van der Waals surface area contributed by atoms with Gasteiger partial charge in [-0.05, 0) is 15.9 Å². The first-order valence-electron chi connectivity index (χ1n) is 3.15. The summed E-state index contributed by atoms with van der Waals surface area (Å²) >= 11 is 3.37. The highest BCUT2D eigenvalue weighted by atomic mass is 79.9. The quantitative estimate of drug-likeness (QED) is 0.731. The predicted molar refractivity (Wildman–Crippen MR) is 39.7 cm³/mol. The normalized spacial score (nSPS) is 23.1. The van der Waals surface area contributed by atoms with Gasteiger partial charge in [-0.15, -0.1) is 0 Å². The first kappa shape index (κ1) is 6.37. The molecule has 1 unspecified atom stereocenters. The highest BCUT2D eigenvalue weighted by molar-refractivity contribution is 9.10. The van der Waals surface area contributed by atoms with E-state index in [0.29, 0.717) is 6.10 Å². The lowest BCUT2D eigenvalue weighted by Gasteiger charge is -1.90. The van der Waals surface area contributed by atoms with Crippen LogP contribution in [0.1, 0.15) is 5.69 Å². The third-order valence-corrected chi connectivity index (χ3v) is 2.18. The van der Waals surface area contributed by atoms with Crippen LogP contribution in [0, 0.1) is 0 Å². The molecule has 0 amide bonds. The highest BCUT2D eigenvalue weighted by Crippen LogP contribution is 2.20. The van der Waals surface area contributed by atoms with Gasteiger partial charge in [0.15, 0.2) is 0 Å². The van der Waals surface area contributed by atoms with E-state index >= 15 is 0 Å². The van der Waals surface area contributed by atoms with Gasteiger partial charge in [-0.1, -0.05) is 0 Å². The van der Waals surface area contributed by atoms with Crippen molar-refractivity contribution in [2.45, 2.75) is 12.5 Å². The molecular formula is C6H7BrN2O. The maximum absolute atomic E-state index is 5.07. The average molecular weight is 203 g/mol. The number of halogens is 1. The number of H-pyrrole nitrogens is 1. The van der Waals surface area contributed by atoms with Crippen LogP contribution in [0.25, 0.3) is 0 Å². The van der Waals surface area contributed by atoms with Crippen LogP contribution in [-0.4, -0.2) is 22.9 Å². The lowest BCUT2D eigenvalue weighted by atomic mass is 10.2. The molecule has 1 aromatic heterocycles. The fraction of sp³-hybridized carbons (Fsp3) is 0.500. The van der Waals surface area contributed by atoms with Crippen molar-refractivity contribution in [3.05, 3.63) is 16.4 Å². The Morgan fingerprint density at radius 2 is 2.70 bits per heavy atom. The zero-order valence-corrected chi connectivity index (χ0v) is 6.89. The van der Waals surface area contributed by atoms with E-state index in [9.17, 15) is 0 Å². The molecule has 0 saturated carbocycles. The van der Waals surface area contributed by atoms with Crippen LogP contribution in [0.15, 0.2) is 10.7 Å². The van der Waals surface area contributed by atoms with Crippen LogP contribution < -0.4 is 0 Å². The number of hydrogen-bond donors (Lipinski definition) is 1. The third-order valence-electron chi connectivity index (χ3n) is 1.50. The molecule has 0 bridgehead atoms. The minimum Gasteiger partial charge on any atom is -0.373 e. The van der Waals surface area contributed by atoms with E-state index < -0.39 is 0 Å². The first-order chi connectivity index (χ1) is 4.86. The van der Waals surface area contributed by atoms with Crippen molar-refractivity contribution < 1.29 is 4.74 Å². The van der Waals surface area contributed by atoms with Crippen molar-refractivity contribution in [1.29, 1.82) is 0 Å². The SMILES string of the molecule is Brc1cn[nH]c1CC1CO1. The summed E-state index contributed by atoms with van der Waals surface area (Å²) in [6.07, 6.45) is 3.13. The Morgan fingerprint density at radius 3 is 3.20 bits per heavy atom. The fourth-order valence-corrected chi connectivity index (χ4v) is 1.21. The van der Waals surface area contributed by atoms with Gasteiger partial charge in [0.2, 0.25) is 0 Å². The lowest BCUT2D eigenvalue weighted by Crippen LogP contribution is -1.93. The number of hydrogen-bond acceptors (Lipinski definition) is 2. The molecule has 1 fully saturated rings. The predicted octanol–water partition coefficient (Wildman–Crippen LogP) is 1.11. The number of epoxide rings is 1. The van der Waals surface area contributed by atoms with Crippen molar-refractivity contribution >= 4 is 15.9 Å². The Kier molecular flexibility index (Phi) is 1.50. The van der Waals surface area contributed by atoms with E-state index in [1.54, 1.807) is 6.20 Å². The summed E-state index contributed by atoms with van der Waals surface area (Å²) in [5.74, 6) is 0. The Hall–Kier alpha value is -0.350. The molecule has 0 aromatic carbocycles. The van der Waals surface area contributed by atoms with Crippen LogP contribution in [-0.2, 0) is 11.2 Å². The zero-order valence-electron chi connectivity index (χ0n) is 5.30. The highest BCUT2D eigenvalue weighted by Gasteiger charge is 2.24. The smallest absolute Gasteiger partial charge is 0.0865 e. The summed E-state index contributed by atoms with van der Waals surface area (Å²) in [5, 5.41) is 6.78. The topological polar surface area (TPSA) is 41.2 Å². The van der Waals surface area contributed by atoms with Gasteiger partial charge in [-0.2, -0.15) is 5.10 Å². The minimum atomic E-state index is 0.428. The van der Waals surface area contributed by atoms with Crippen LogP contribution in [0.5, 0.6) is 0 Å². The minimum absolute atomic E-state index is 0.428. The van der Waals surface area contributed by atoms with Gasteiger partial charge >= 0.3 is 0 Å². The molecule has 1 aliphatic heterocycles. The van der Waals surface area contributed by atoms with E-state index in [1.165, 1.54) is 0 Å². The summed E-state index contributed by atoms with van der Waals surface area (Å²) < 4.78 is 6.11. The summed E-state index contributed by atoms with van der Waals surface area (Å²) in [6.45, 7) is 0.894. The second-order valence-electron chi connectivity index (χ2n) is 2.36. The molecule has 0 spiro atoms. The number of ether oxygens (including phenoxy) is 1. The number of rotatable bonds is 2. The number of aromatic amines is 1. The van der Waals surface area contributed by atoms with E-state index in [1.807, 2.05) is 0 Å². The van der Waals surface area contributed by atoms with Gasteiger partial charge < -0.3 is 4.74 Å². The van der Waals surface area contributed by atoms with E-state index in [4.69, 9.17) is 4.74 Å². The van der Waals surface area contributed by atoms with Crippen molar-refractivity contribution in [1.82, 2.24) is 10.2 Å². The van der Waals surface area contributed by atoms with E-state index in [2.05, 4.69) is 26.1 Å². The fourth-order valence-electron chi connectivity index (χ4n) is 0.855. The summed E-state index contributed by atoms with van der Waals surface area (Å²) in [7, 11) is 0. The number of aromatic nitrogens is 2. The van der Waals surface area contributed by atoms with E-state index in [0.717, 1.165) is 23.2 Å². The number of nitrogens with one attached hydrogen (secondary N) is 1. The van der Waals surface area contributed by atoms with Gasteiger partial charge in [-0.25, -0.2) is 0 Å². The third kappa shape index (κ3) is 1.22. The largest absolute Gasteiger partial charge is 0.373 e. The van der Waals surface area contributed by atoms with Crippen molar-refractivity contribution in [2.24, 2.45) is 0 Å². The average Bonchev–Trinajstić information content (AvgIpc) is 2.62. The second kappa shape index (κ2) is 2.36. The lowest BCUT2D eigenvalue weighted by molar-refractivity contribution is 0.406. The van der Waals surface area contributed by atoms with Crippen molar-refractivity contribution in [2.75, 3.05) is 6.61 Å². The van der Waals surface area contributed by atoms with E-state index in [-0.39, 0.29) is 0 Å². The standard InChI is InChI=1S/C6H7BrN2O/c7-5-2-8-9-6(5)1-4-3-10-4/h2,4H,1,3H2,(H,8,9). The first-order valence-corrected chi connectivity index (χ1v) is 3.95. The van der Waals surface area contributed by atoms with Crippen molar-refractivity contribution in [3.63, 3.8) is 0 Å². The Balaban J connectivity index is 2.08. The molecule has 2 heterocycles. The van der Waals surface area contributed by atoms with Crippen LogP contribution in [0.2, 0.25) is 0 Å². The van der Waals surface area contributed by atoms with Gasteiger partial charge in [0, 0.05) is 6.42 Å². The zero-order chi connectivity index (χ0) is 6.97. The van der Waals surface area contributed by atoms with Gasteiger partial charge in [0.25, 0.3) is 0 Å². The van der Waals surface area contributed by atoms with Crippen LogP contribution >= 0.6 is 15.9 Å². The van der Waals surface area contributed by atoms with Crippen LogP contribution in [0.3, 0.4) is 0 Å². The Morgan fingerprint density at radius 1 is 1.90 bits per heavy atom. The monoisotopic (exact) mass is 202 g/mol. The number of nitrogens with zero attached hydrogens (tertiary/aromatic N) is 1. The molecule has 4 heteroatoms. The summed E-state index contributed by atoms with van der Waals surface area (Å²) in [5.41, 5.74) is 1.13. The summed E-state index contributed by atoms with van der Waals surface area (Å²) in [4.78, 5) is 0. The molecular weight excluding hydrogens is 196 g/mol. The van der Waals surface area contributed by atoms with Crippen LogP contribution in [0.4, 0.5) is 0 Å². The Labute approximate surface area is 66.9 Å². The molecule has 1 saturated heterocycles. The van der Waals surface area contributed by atoms with Gasteiger partial charge in [0.1, 0.15) is 0 Å². The van der Waals surface area contributed by atoms with Gasteiger partial charge in [-0.3, -0.25) is 5.10 Å². The summed E-state index contributed by atoms with van der Waals surface area (Å²) in [6, 6.07) is 0. The maximum atomic E-state index is 5.07. The molecule has 10 heavy (non-hydrogen) atoms. The molecule has 1 aliphatic rings. The molecule has 1 atom stereocenters. The molecule has 1 aromatic rings. The maximum Gasteiger partial charge on any atom is 0.0865 e. The molecule has 2 rings (SSSR count). The Bertz CT molecular complexity index is 231. The van der Waals surface area contributed by atoms with Crippen molar-refractivity contribution in [3.8, 4) is 0 Å². The molecule has 1 N–H and O–H groups in total. The van der Waals surface area contributed by atoms with Gasteiger partial charge in [0.05, 0.1) is 29.1 Å². The molecule has 3 nitrogen and oxygen atoms in total. The second-order valence-corrected chi connectivity index (χ2v) is 3.21. The molecule has 54 valence electrons. The molecule has 0 aliphatic carbocycles. The molecule has 0 radical (unpaired) electrons.